The van der Waals surface area contributed by atoms with Gasteiger partial charge in [-0.15, -0.1) is 0 Å². The minimum atomic E-state index is -0.666. The van der Waals surface area contributed by atoms with E-state index in [0.29, 0.717) is 0 Å². The number of H-pyrrole nitrogens is 1. The molecule has 3 rings (SSSR count). The number of aromatic amines is 1. The summed E-state index contributed by atoms with van der Waals surface area (Å²) in [5, 5.41) is 1.29. The Morgan fingerprint density at radius 2 is 1.89 bits per heavy atom. The van der Waals surface area contributed by atoms with Gasteiger partial charge in [-0.1, -0.05) is 48.5 Å². The van der Waals surface area contributed by atoms with Crippen molar-refractivity contribution in [2.45, 2.75) is 20.0 Å². The molecule has 0 amide bonds. The van der Waals surface area contributed by atoms with Gasteiger partial charge in [-0.25, -0.2) is 4.79 Å². The minimum absolute atomic E-state index is 0.207. The molecule has 0 unspecified atom stereocenters. The first-order valence-electron chi connectivity index (χ1n) is 9.35. The molecule has 0 saturated carbocycles. The smallest absolute Gasteiger partial charge is 0.438 e. The van der Waals surface area contributed by atoms with Crippen molar-refractivity contribution in [3.8, 4) is 0 Å². The summed E-state index contributed by atoms with van der Waals surface area (Å²) in [6.07, 6.45) is 5.26. The zero-order chi connectivity index (χ0) is 19.8. The van der Waals surface area contributed by atoms with Crippen LogP contribution in [0, 0.1) is 6.92 Å². The zero-order valence-corrected chi connectivity index (χ0v) is 16.4. The number of aromatic nitrogens is 1. The van der Waals surface area contributed by atoms with E-state index in [2.05, 4.69) is 70.2 Å². The molecule has 0 saturated heterocycles. The normalized spacial score (nSPS) is 11.4. The van der Waals surface area contributed by atoms with Crippen LogP contribution < -0.4 is 0 Å². The Morgan fingerprint density at radius 3 is 2.68 bits per heavy atom. The first-order valence-corrected chi connectivity index (χ1v) is 9.35. The van der Waals surface area contributed by atoms with Crippen LogP contribution in [-0.4, -0.2) is 36.3 Å². The van der Waals surface area contributed by atoms with Crippen LogP contribution >= 0.6 is 0 Å². The summed E-state index contributed by atoms with van der Waals surface area (Å²) in [7, 11) is 1.30. The third kappa shape index (κ3) is 5.24. The molecule has 0 spiro atoms. The average Bonchev–Trinajstić information content (AvgIpc) is 3.10. The molecule has 1 N–H and O–H groups in total. The molecule has 0 fully saturated rings. The molecule has 0 aliphatic heterocycles. The molecule has 5 heteroatoms. The lowest BCUT2D eigenvalue weighted by Crippen LogP contribution is -2.23. The number of aryl methyl sites for hydroxylation is 1. The Hall–Kier alpha value is -3.05. The molecule has 0 aliphatic carbocycles. The molecule has 1 aromatic heterocycles. The maximum atomic E-state index is 11.0. The highest BCUT2D eigenvalue weighted by Gasteiger charge is 2.11. The van der Waals surface area contributed by atoms with E-state index >= 15 is 0 Å². The van der Waals surface area contributed by atoms with Gasteiger partial charge < -0.3 is 14.5 Å². The molecule has 2 aromatic carbocycles. The van der Waals surface area contributed by atoms with Gasteiger partial charge in [-0.2, -0.15) is 0 Å². The molecule has 0 atom stereocenters. The fourth-order valence-corrected chi connectivity index (χ4v) is 3.31. The van der Waals surface area contributed by atoms with Gasteiger partial charge in [-0.3, -0.25) is 4.90 Å². The molecule has 5 nitrogen and oxygen atoms in total. The van der Waals surface area contributed by atoms with Gasteiger partial charge in [0, 0.05) is 36.7 Å². The van der Waals surface area contributed by atoms with Crippen LogP contribution in [0.2, 0.25) is 0 Å². The highest BCUT2D eigenvalue weighted by Crippen LogP contribution is 2.23. The molecule has 146 valence electrons. The number of carbonyl (C=O) groups excluding carboxylic acids is 1. The van der Waals surface area contributed by atoms with Gasteiger partial charge >= 0.3 is 6.16 Å². The Balaban J connectivity index is 1.73. The predicted octanol–water partition coefficient (Wildman–Crippen LogP) is 4.82. The average molecular weight is 378 g/mol. The summed E-state index contributed by atoms with van der Waals surface area (Å²) in [6.45, 7) is 4.75. The predicted molar refractivity (Wildman–Crippen MR) is 111 cm³/mol. The first-order chi connectivity index (χ1) is 13.7. The van der Waals surface area contributed by atoms with Crippen molar-refractivity contribution in [2.75, 3.05) is 20.3 Å². The zero-order valence-electron chi connectivity index (χ0n) is 16.4. The Labute approximate surface area is 165 Å². The summed E-state index contributed by atoms with van der Waals surface area (Å²) in [5.74, 6) is 0. The summed E-state index contributed by atoms with van der Waals surface area (Å²) in [6, 6.07) is 16.8. The van der Waals surface area contributed by atoms with Crippen LogP contribution in [0.15, 0.2) is 66.9 Å². The van der Waals surface area contributed by atoms with Crippen LogP contribution in [0.1, 0.15) is 16.7 Å². The second kappa shape index (κ2) is 9.76. The van der Waals surface area contributed by atoms with Crippen LogP contribution in [0.3, 0.4) is 0 Å². The highest BCUT2D eigenvalue weighted by molar-refractivity contribution is 5.86. The molecular weight excluding hydrogens is 352 g/mol. The van der Waals surface area contributed by atoms with E-state index in [-0.39, 0.29) is 6.61 Å². The van der Waals surface area contributed by atoms with E-state index in [1.54, 1.807) is 0 Å². The fourth-order valence-electron chi connectivity index (χ4n) is 3.31. The summed E-state index contributed by atoms with van der Waals surface area (Å²) in [4.78, 5) is 16.7. The fraction of sp³-hybridized carbons (Fsp3) is 0.261. The van der Waals surface area contributed by atoms with Crippen LogP contribution in [-0.2, 0) is 22.6 Å². The second-order valence-corrected chi connectivity index (χ2v) is 6.70. The Kier molecular flexibility index (Phi) is 6.87. The van der Waals surface area contributed by atoms with Gasteiger partial charge in [0.15, 0.2) is 0 Å². The maximum absolute atomic E-state index is 11.0. The highest BCUT2D eigenvalue weighted by atomic mass is 16.7. The second-order valence-electron chi connectivity index (χ2n) is 6.70. The lowest BCUT2D eigenvalue weighted by atomic mass is 10.1. The maximum Gasteiger partial charge on any atom is 0.508 e. The van der Waals surface area contributed by atoms with E-state index in [1.165, 1.54) is 29.2 Å². The van der Waals surface area contributed by atoms with Crippen molar-refractivity contribution < 1.29 is 14.3 Å². The third-order valence-corrected chi connectivity index (χ3v) is 4.63. The first kappa shape index (κ1) is 19.7. The standard InChI is InChI=1S/C23H26N2O3/c1-18-15-24-21-12-8-11-20(22(18)21)17-25(16-19-9-4-3-5-10-19)13-6-7-14-28-23(26)27-2/h3-12,15,24H,13-14,16-17H2,1-2H3/b7-6+. The number of nitrogens with zero attached hydrogens (tertiary/aromatic N) is 1. The molecule has 3 aromatic rings. The number of hydrogen-bond acceptors (Lipinski definition) is 4. The van der Waals surface area contributed by atoms with Crippen molar-refractivity contribution in [3.05, 3.63) is 83.6 Å². The minimum Gasteiger partial charge on any atom is -0.438 e. The lowest BCUT2D eigenvalue weighted by Gasteiger charge is -2.22. The van der Waals surface area contributed by atoms with Gasteiger partial charge in [0.25, 0.3) is 0 Å². The number of hydrogen-bond donors (Lipinski definition) is 1. The van der Waals surface area contributed by atoms with E-state index in [0.717, 1.165) is 25.2 Å². The van der Waals surface area contributed by atoms with Gasteiger partial charge in [-0.05, 0) is 35.8 Å². The van der Waals surface area contributed by atoms with Gasteiger partial charge in [0.2, 0.25) is 0 Å². The van der Waals surface area contributed by atoms with Crippen molar-refractivity contribution in [1.29, 1.82) is 0 Å². The van der Waals surface area contributed by atoms with Crippen molar-refractivity contribution in [2.24, 2.45) is 0 Å². The van der Waals surface area contributed by atoms with E-state index in [9.17, 15) is 4.79 Å². The Bertz CT molecular complexity index is 931. The van der Waals surface area contributed by atoms with Crippen LogP contribution in [0.4, 0.5) is 4.79 Å². The third-order valence-electron chi connectivity index (χ3n) is 4.63. The van der Waals surface area contributed by atoms with Crippen LogP contribution in [0.25, 0.3) is 10.9 Å². The number of carbonyl (C=O) groups is 1. The summed E-state index contributed by atoms with van der Waals surface area (Å²) >= 11 is 0. The molecular formula is C23H26N2O3. The topological polar surface area (TPSA) is 54.6 Å². The van der Waals surface area contributed by atoms with Crippen molar-refractivity contribution >= 4 is 17.1 Å². The molecule has 28 heavy (non-hydrogen) atoms. The monoisotopic (exact) mass is 378 g/mol. The summed E-state index contributed by atoms with van der Waals surface area (Å²) in [5.41, 5.74) is 4.98. The number of rotatable bonds is 8. The van der Waals surface area contributed by atoms with Crippen molar-refractivity contribution in [3.63, 3.8) is 0 Å². The van der Waals surface area contributed by atoms with Gasteiger partial charge in [0.05, 0.1) is 7.11 Å². The number of nitrogens with one attached hydrogen (secondary N) is 1. The van der Waals surface area contributed by atoms with E-state index < -0.39 is 6.16 Å². The SMILES string of the molecule is COC(=O)OC/C=C/CN(Cc1ccccc1)Cc1cccc2[nH]cc(C)c12. The van der Waals surface area contributed by atoms with E-state index in [4.69, 9.17) is 4.74 Å². The molecule has 1 heterocycles. The lowest BCUT2D eigenvalue weighted by molar-refractivity contribution is 0.0817. The Morgan fingerprint density at radius 1 is 1.07 bits per heavy atom. The number of fused-ring (bicyclic) bond motifs is 1. The van der Waals surface area contributed by atoms with E-state index in [1.807, 2.05) is 18.2 Å². The van der Waals surface area contributed by atoms with Crippen molar-refractivity contribution in [1.82, 2.24) is 9.88 Å². The molecule has 0 radical (unpaired) electrons. The quantitative estimate of drug-likeness (QED) is 0.451. The summed E-state index contributed by atoms with van der Waals surface area (Å²) < 4.78 is 9.37. The number of methoxy groups -OCH3 is 1. The van der Waals surface area contributed by atoms with Crippen LogP contribution in [0.5, 0.6) is 0 Å². The van der Waals surface area contributed by atoms with Gasteiger partial charge in [0.1, 0.15) is 6.61 Å². The largest absolute Gasteiger partial charge is 0.508 e. The molecule has 0 bridgehead atoms. The number of benzene rings is 2. The molecule has 0 aliphatic rings. The number of ether oxygens (including phenoxy) is 2.